The summed E-state index contributed by atoms with van der Waals surface area (Å²) < 4.78 is 31.7. The number of aliphatic carboxylic acids is 1. The maximum atomic E-state index is 13.8. The summed E-state index contributed by atoms with van der Waals surface area (Å²) in [5, 5.41) is 15.0. The third kappa shape index (κ3) is 4.32. The van der Waals surface area contributed by atoms with Gasteiger partial charge >= 0.3 is 5.97 Å². The number of carbonyl (C=O) groups is 2. The van der Waals surface area contributed by atoms with Crippen molar-refractivity contribution in [1.82, 2.24) is 15.5 Å². The summed E-state index contributed by atoms with van der Waals surface area (Å²) in [5.41, 5.74) is 0.426. The summed E-state index contributed by atoms with van der Waals surface area (Å²) in [6.07, 6.45) is -0.435. The van der Waals surface area contributed by atoms with E-state index >= 15 is 0 Å². The number of carboxylic acid groups (broad SMARTS) is 1. The van der Waals surface area contributed by atoms with Gasteiger partial charge < -0.3 is 14.9 Å². The minimum Gasteiger partial charge on any atom is -0.481 e. The Labute approximate surface area is 151 Å². The molecule has 9 heteroatoms. The van der Waals surface area contributed by atoms with Crippen molar-refractivity contribution in [2.45, 2.75) is 12.5 Å². The minimum absolute atomic E-state index is 0.0321. The molecule has 0 saturated carbocycles. The average molecular weight is 373 g/mol. The van der Waals surface area contributed by atoms with Crippen LogP contribution in [0.4, 0.5) is 8.78 Å². The fourth-order valence-electron chi connectivity index (χ4n) is 2.40. The highest BCUT2D eigenvalue weighted by Crippen LogP contribution is 2.21. The highest BCUT2D eigenvalue weighted by atomic mass is 19.1. The second-order valence-electron chi connectivity index (χ2n) is 5.58. The SMILES string of the molecule is O=C(O)CC(NC(=O)c1noc(-c2ccccc2F)n1)c1ccc(F)cc1. The summed E-state index contributed by atoms with van der Waals surface area (Å²) in [6, 6.07) is 9.77. The van der Waals surface area contributed by atoms with E-state index in [1.807, 2.05) is 0 Å². The van der Waals surface area contributed by atoms with Gasteiger partial charge in [0.2, 0.25) is 0 Å². The molecule has 0 aliphatic rings. The monoisotopic (exact) mass is 373 g/mol. The van der Waals surface area contributed by atoms with Crippen LogP contribution in [0.5, 0.6) is 0 Å². The molecule has 0 aliphatic carbocycles. The van der Waals surface area contributed by atoms with Gasteiger partial charge in [-0.25, -0.2) is 8.78 Å². The summed E-state index contributed by atoms with van der Waals surface area (Å²) in [7, 11) is 0. The molecule has 0 aliphatic heterocycles. The molecule has 1 amide bonds. The second-order valence-corrected chi connectivity index (χ2v) is 5.58. The molecule has 138 valence electrons. The minimum atomic E-state index is -1.16. The Hall–Kier alpha value is -3.62. The van der Waals surface area contributed by atoms with Gasteiger partial charge in [0.05, 0.1) is 18.0 Å². The molecule has 0 bridgehead atoms. The Kier molecular flexibility index (Phi) is 5.20. The molecule has 0 radical (unpaired) electrons. The Balaban J connectivity index is 1.81. The van der Waals surface area contributed by atoms with Crippen molar-refractivity contribution in [3.05, 3.63) is 71.6 Å². The number of benzene rings is 2. The van der Waals surface area contributed by atoms with Crippen LogP contribution in [-0.4, -0.2) is 27.1 Å². The number of hydrogen-bond donors (Lipinski definition) is 2. The molecular weight excluding hydrogens is 360 g/mol. The van der Waals surface area contributed by atoms with Crippen molar-refractivity contribution in [2.75, 3.05) is 0 Å². The van der Waals surface area contributed by atoms with Crippen molar-refractivity contribution < 1.29 is 28.0 Å². The predicted octanol–water partition coefficient (Wildman–Crippen LogP) is 2.96. The van der Waals surface area contributed by atoms with Crippen LogP contribution in [0.3, 0.4) is 0 Å². The first-order chi connectivity index (χ1) is 12.9. The standard InChI is InChI=1S/C18H13F2N3O4/c19-11-7-5-10(6-8-11)14(9-15(24)25)21-17(26)16-22-18(27-23-16)12-3-1-2-4-13(12)20/h1-8,14H,9H2,(H,21,26)(H,24,25). The van der Waals surface area contributed by atoms with Gasteiger partial charge in [-0.15, -0.1) is 0 Å². The zero-order valence-electron chi connectivity index (χ0n) is 13.7. The second kappa shape index (κ2) is 7.73. The van der Waals surface area contributed by atoms with Gasteiger partial charge in [0.25, 0.3) is 17.6 Å². The van der Waals surface area contributed by atoms with E-state index in [0.29, 0.717) is 5.56 Å². The lowest BCUT2D eigenvalue weighted by Crippen LogP contribution is -2.31. The van der Waals surface area contributed by atoms with Gasteiger partial charge in [-0.05, 0) is 29.8 Å². The van der Waals surface area contributed by atoms with Gasteiger partial charge in [-0.1, -0.05) is 29.4 Å². The Morgan fingerprint density at radius 2 is 1.81 bits per heavy atom. The lowest BCUT2D eigenvalue weighted by Gasteiger charge is -2.16. The van der Waals surface area contributed by atoms with E-state index in [-0.39, 0.29) is 17.3 Å². The van der Waals surface area contributed by atoms with Crippen LogP contribution in [0.15, 0.2) is 53.1 Å². The Bertz CT molecular complexity index is 973. The Morgan fingerprint density at radius 3 is 2.48 bits per heavy atom. The topological polar surface area (TPSA) is 105 Å². The zero-order valence-corrected chi connectivity index (χ0v) is 13.7. The van der Waals surface area contributed by atoms with Crippen LogP contribution < -0.4 is 5.32 Å². The maximum absolute atomic E-state index is 13.8. The molecule has 1 heterocycles. The van der Waals surface area contributed by atoms with Crippen molar-refractivity contribution in [1.29, 1.82) is 0 Å². The molecule has 2 N–H and O–H groups in total. The molecule has 1 aromatic heterocycles. The highest BCUT2D eigenvalue weighted by molar-refractivity contribution is 5.91. The first kappa shape index (κ1) is 18.2. The van der Waals surface area contributed by atoms with E-state index in [9.17, 15) is 18.4 Å². The fraction of sp³-hybridized carbons (Fsp3) is 0.111. The molecule has 2 aromatic carbocycles. The number of hydrogen-bond acceptors (Lipinski definition) is 5. The third-order valence-corrected chi connectivity index (χ3v) is 3.69. The van der Waals surface area contributed by atoms with E-state index in [1.54, 1.807) is 6.07 Å². The van der Waals surface area contributed by atoms with Gasteiger partial charge in [-0.3, -0.25) is 9.59 Å². The smallest absolute Gasteiger partial charge is 0.305 e. The van der Waals surface area contributed by atoms with Crippen LogP contribution in [0.1, 0.15) is 28.6 Å². The van der Waals surface area contributed by atoms with E-state index in [2.05, 4.69) is 15.5 Å². The van der Waals surface area contributed by atoms with Crippen molar-refractivity contribution in [3.63, 3.8) is 0 Å². The van der Waals surface area contributed by atoms with E-state index in [1.165, 1.54) is 30.3 Å². The maximum Gasteiger partial charge on any atom is 0.305 e. The molecule has 7 nitrogen and oxygen atoms in total. The molecular formula is C18H13F2N3O4. The molecule has 1 atom stereocenters. The third-order valence-electron chi connectivity index (χ3n) is 3.69. The molecule has 3 aromatic rings. The van der Waals surface area contributed by atoms with Gasteiger partial charge in [0.1, 0.15) is 11.6 Å². The lowest BCUT2D eigenvalue weighted by molar-refractivity contribution is -0.137. The van der Waals surface area contributed by atoms with E-state index in [0.717, 1.165) is 12.1 Å². The van der Waals surface area contributed by atoms with Gasteiger partial charge in [0, 0.05) is 0 Å². The zero-order chi connectivity index (χ0) is 19.4. The molecule has 27 heavy (non-hydrogen) atoms. The predicted molar refractivity (Wildman–Crippen MR) is 88.6 cm³/mol. The van der Waals surface area contributed by atoms with Crippen LogP contribution in [0.2, 0.25) is 0 Å². The van der Waals surface area contributed by atoms with Gasteiger partial charge in [0.15, 0.2) is 0 Å². The number of carboxylic acids is 1. The molecule has 3 rings (SSSR count). The molecule has 0 saturated heterocycles. The number of rotatable bonds is 6. The summed E-state index contributed by atoms with van der Waals surface area (Å²) in [4.78, 5) is 27.3. The summed E-state index contributed by atoms with van der Waals surface area (Å²) >= 11 is 0. The molecule has 1 unspecified atom stereocenters. The number of aromatic nitrogens is 2. The van der Waals surface area contributed by atoms with Crippen LogP contribution in [-0.2, 0) is 4.79 Å². The number of carbonyl (C=O) groups excluding carboxylic acids is 1. The highest BCUT2D eigenvalue weighted by Gasteiger charge is 2.23. The number of nitrogens with zero attached hydrogens (tertiary/aromatic N) is 2. The van der Waals surface area contributed by atoms with Gasteiger partial charge in [-0.2, -0.15) is 4.98 Å². The first-order valence-corrected chi connectivity index (χ1v) is 7.81. The van der Waals surface area contributed by atoms with E-state index < -0.39 is 36.0 Å². The van der Waals surface area contributed by atoms with Crippen LogP contribution >= 0.6 is 0 Å². The lowest BCUT2D eigenvalue weighted by atomic mass is 10.0. The summed E-state index contributed by atoms with van der Waals surface area (Å²) in [6.45, 7) is 0. The van der Waals surface area contributed by atoms with Crippen molar-refractivity contribution in [2.24, 2.45) is 0 Å². The molecule has 0 spiro atoms. The van der Waals surface area contributed by atoms with Crippen molar-refractivity contribution in [3.8, 4) is 11.5 Å². The number of amides is 1. The summed E-state index contributed by atoms with van der Waals surface area (Å²) in [5.74, 6) is -3.63. The van der Waals surface area contributed by atoms with Crippen LogP contribution in [0, 0.1) is 11.6 Å². The largest absolute Gasteiger partial charge is 0.481 e. The quantitative estimate of drug-likeness (QED) is 0.688. The fourth-order valence-corrected chi connectivity index (χ4v) is 2.40. The average Bonchev–Trinajstić information content (AvgIpc) is 3.12. The van der Waals surface area contributed by atoms with Crippen molar-refractivity contribution >= 4 is 11.9 Å². The van der Waals surface area contributed by atoms with E-state index in [4.69, 9.17) is 9.63 Å². The van der Waals surface area contributed by atoms with Crippen LogP contribution in [0.25, 0.3) is 11.5 Å². The molecule has 0 fully saturated rings. The number of halogens is 2. The first-order valence-electron chi connectivity index (χ1n) is 7.81. The Morgan fingerprint density at radius 1 is 1.11 bits per heavy atom. The normalized spacial score (nSPS) is 11.8. The number of nitrogens with one attached hydrogen (secondary N) is 1.